The third-order valence-electron chi connectivity index (χ3n) is 4.25. The lowest BCUT2D eigenvalue weighted by molar-refractivity contribution is -0.146. The molecule has 1 N–H and O–H groups in total. The number of carboxylic acid groups (broad SMARTS) is 1. The standard InChI is InChI=1S/C14H28O2/c1-6-7-8-9-10-11(2)14(4,5)12(3)13(15)16/h11-12H,6-10H2,1-5H3,(H,15,16). The van der Waals surface area contributed by atoms with E-state index in [2.05, 4.69) is 27.7 Å². The fourth-order valence-corrected chi connectivity index (χ4v) is 1.99. The van der Waals surface area contributed by atoms with E-state index in [9.17, 15) is 4.79 Å². The fraction of sp³-hybridized carbons (Fsp3) is 0.929. The molecular formula is C14H28O2. The minimum atomic E-state index is -0.676. The Morgan fingerprint density at radius 1 is 1.19 bits per heavy atom. The molecule has 0 fully saturated rings. The summed E-state index contributed by atoms with van der Waals surface area (Å²) in [6.45, 7) is 10.4. The second kappa shape index (κ2) is 6.93. The molecular weight excluding hydrogens is 200 g/mol. The van der Waals surface area contributed by atoms with Gasteiger partial charge in [-0.2, -0.15) is 0 Å². The van der Waals surface area contributed by atoms with Crippen LogP contribution in [-0.4, -0.2) is 11.1 Å². The maximum absolute atomic E-state index is 11.0. The first-order chi connectivity index (χ1) is 7.34. The van der Waals surface area contributed by atoms with Crippen LogP contribution in [0.25, 0.3) is 0 Å². The summed E-state index contributed by atoms with van der Waals surface area (Å²) >= 11 is 0. The molecule has 16 heavy (non-hydrogen) atoms. The van der Waals surface area contributed by atoms with Gasteiger partial charge in [-0.15, -0.1) is 0 Å². The molecule has 0 aromatic heterocycles. The summed E-state index contributed by atoms with van der Waals surface area (Å²) < 4.78 is 0. The Balaban J connectivity index is 4.13. The fourth-order valence-electron chi connectivity index (χ4n) is 1.99. The molecule has 2 unspecified atom stereocenters. The van der Waals surface area contributed by atoms with Crippen molar-refractivity contribution in [3.63, 3.8) is 0 Å². The predicted molar refractivity (Wildman–Crippen MR) is 68.5 cm³/mol. The molecule has 0 saturated carbocycles. The highest BCUT2D eigenvalue weighted by Gasteiger charge is 2.35. The Morgan fingerprint density at radius 2 is 1.75 bits per heavy atom. The topological polar surface area (TPSA) is 37.3 Å². The first-order valence-electron chi connectivity index (χ1n) is 6.56. The number of aliphatic carboxylic acids is 1. The minimum Gasteiger partial charge on any atom is -0.481 e. The van der Waals surface area contributed by atoms with E-state index >= 15 is 0 Å². The number of unbranched alkanes of at least 4 members (excludes halogenated alkanes) is 3. The molecule has 0 aliphatic carbocycles. The SMILES string of the molecule is CCCCCCC(C)C(C)(C)C(C)C(=O)O. The number of carboxylic acids is 1. The third-order valence-corrected chi connectivity index (χ3v) is 4.25. The van der Waals surface area contributed by atoms with Gasteiger partial charge in [-0.3, -0.25) is 4.79 Å². The number of rotatable bonds is 8. The lowest BCUT2D eigenvalue weighted by atomic mass is 9.69. The van der Waals surface area contributed by atoms with Crippen LogP contribution in [0.1, 0.15) is 66.7 Å². The molecule has 0 saturated heterocycles. The molecule has 2 heteroatoms. The molecule has 2 atom stereocenters. The van der Waals surface area contributed by atoms with Crippen LogP contribution in [0.5, 0.6) is 0 Å². The largest absolute Gasteiger partial charge is 0.481 e. The van der Waals surface area contributed by atoms with Gasteiger partial charge in [0.1, 0.15) is 0 Å². The molecule has 0 aliphatic heterocycles. The van der Waals surface area contributed by atoms with E-state index in [1.165, 1.54) is 25.7 Å². The van der Waals surface area contributed by atoms with Crippen molar-refractivity contribution >= 4 is 5.97 Å². The van der Waals surface area contributed by atoms with Gasteiger partial charge in [0.2, 0.25) is 0 Å². The summed E-state index contributed by atoms with van der Waals surface area (Å²) in [5.74, 6) is -0.477. The smallest absolute Gasteiger partial charge is 0.306 e. The van der Waals surface area contributed by atoms with Crippen molar-refractivity contribution in [2.24, 2.45) is 17.3 Å². The summed E-state index contributed by atoms with van der Waals surface area (Å²) in [6, 6.07) is 0. The van der Waals surface area contributed by atoms with Crippen molar-refractivity contribution in [3.05, 3.63) is 0 Å². The Hall–Kier alpha value is -0.530. The average Bonchev–Trinajstić information content (AvgIpc) is 2.22. The zero-order valence-corrected chi connectivity index (χ0v) is 11.5. The van der Waals surface area contributed by atoms with E-state index in [4.69, 9.17) is 5.11 Å². The van der Waals surface area contributed by atoms with Crippen LogP contribution < -0.4 is 0 Å². The molecule has 0 amide bonds. The maximum atomic E-state index is 11.0. The minimum absolute atomic E-state index is 0.113. The first-order valence-corrected chi connectivity index (χ1v) is 6.56. The van der Waals surface area contributed by atoms with Crippen molar-refractivity contribution in [2.75, 3.05) is 0 Å². The summed E-state index contributed by atoms with van der Waals surface area (Å²) in [4.78, 5) is 11.0. The summed E-state index contributed by atoms with van der Waals surface area (Å²) in [5, 5.41) is 9.08. The van der Waals surface area contributed by atoms with E-state index in [-0.39, 0.29) is 11.3 Å². The summed E-state index contributed by atoms with van der Waals surface area (Å²) in [5.41, 5.74) is -0.113. The Morgan fingerprint density at radius 3 is 2.19 bits per heavy atom. The van der Waals surface area contributed by atoms with Crippen molar-refractivity contribution in [1.82, 2.24) is 0 Å². The molecule has 0 spiro atoms. The zero-order valence-electron chi connectivity index (χ0n) is 11.5. The van der Waals surface area contributed by atoms with Gasteiger partial charge in [0.05, 0.1) is 5.92 Å². The van der Waals surface area contributed by atoms with Gasteiger partial charge in [-0.1, -0.05) is 66.7 Å². The van der Waals surface area contributed by atoms with Crippen LogP contribution in [0.4, 0.5) is 0 Å². The lowest BCUT2D eigenvalue weighted by Crippen LogP contribution is -2.34. The van der Waals surface area contributed by atoms with Crippen molar-refractivity contribution < 1.29 is 9.90 Å². The monoisotopic (exact) mass is 228 g/mol. The second-order valence-corrected chi connectivity index (χ2v) is 5.63. The van der Waals surface area contributed by atoms with Crippen LogP contribution in [0.2, 0.25) is 0 Å². The molecule has 96 valence electrons. The summed E-state index contributed by atoms with van der Waals surface area (Å²) in [6.07, 6.45) is 6.19. The quantitative estimate of drug-likeness (QED) is 0.627. The highest BCUT2D eigenvalue weighted by molar-refractivity contribution is 5.70. The number of carbonyl (C=O) groups is 1. The highest BCUT2D eigenvalue weighted by Crippen LogP contribution is 2.38. The van der Waals surface area contributed by atoms with E-state index < -0.39 is 5.97 Å². The van der Waals surface area contributed by atoms with Crippen molar-refractivity contribution in [3.8, 4) is 0 Å². The van der Waals surface area contributed by atoms with E-state index in [1.807, 2.05) is 6.92 Å². The summed E-state index contributed by atoms with van der Waals surface area (Å²) in [7, 11) is 0. The van der Waals surface area contributed by atoms with Crippen molar-refractivity contribution in [2.45, 2.75) is 66.7 Å². The molecule has 0 radical (unpaired) electrons. The Bertz CT molecular complexity index is 209. The van der Waals surface area contributed by atoms with E-state index in [0.717, 1.165) is 6.42 Å². The van der Waals surface area contributed by atoms with Crippen LogP contribution in [0.3, 0.4) is 0 Å². The lowest BCUT2D eigenvalue weighted by Gasteiger charge is -2.35. The van der Waals surface area contributed by atoms with Gasteiger partial charge in [-0.05, 0) is 11.3 Å². The molecule has 0 bridgehead atoms. The molecule has 0 aromatic carbocycles. The molecule has 0 aliphatic rings. The normalized spacial score (nSPS) is 15.8. The van der Waals surface area contributed by atoms with Gasteiger partial charge in [0.15, 0.2) is 0 Å². The van der Waals surface area contributed by atoms with Gasteiger partial charge in [0.25, 0.3) is 0 Å². The molecule has 0 rings (SSSR count). The molecule has 0 heterocycles. The number of hydrogen-bond donors (Lipinski definition) is 1. The molecule has 2 nitrogen and oxygen atoms in total. The number of hydrogen-bond acceptors (Lipinski definition) is 1. The highest BCUT2D eigenvalue weighted by atomic mass is 16.4. The van der Waals surface area contributed by atoms with Crippen LogP contribution in [0.15, 0.2) is 0 Å². The van der Waals surface area contributed by atoms with Gasteiger partial charge >= 0.3 is 5.97 Å². The van der Waals surface area contributed by atoms with Gasteiger partial charge < -0.3 is 5.11 Å². The first kappa shape index (κ1) is 15.5. The van der Waals surface area contributed by atoms with Crippen LogP contribution in [0, 0.1) is 17.3 Å². The van der Waals surface area contributed by atoms with E-state index in [0.29, 0.717) is 5.92 Å². The van der Waals surface area contributed by atoms with Gasteiger partial charge in [0, 0.05) is 0 Å². The predicted octanol–water partition coefficient (Wildman–Crippen LogP) is 4.34. The van der Waals surface area contributed by atoms with Crippen LogP contribution in [-0.2, 0) is 4.79 Å². The second-order valence-electron chi connectivity index (χ2n) is 5.63. The van der Waals surface area contributed by atoms with Crippen molar-refractivity contribution in [1.29, 1.82) is 0 Å². The Kier molecular flexibility index (Phi) is 6.70. The zero-order chi connectivity index (χ0) is 12.8. The van der Waals surface area contributed by atoms with Gasteiger partial charge in [-0.25, -0.2) is 0 Å². The van der Waals surface area contributed by atoms with E-state index in [1.54, 1.807) is 0 Å². The maximum Gasteiger partial charge on any atom is 0.306 e. The third kappa shape index (κ3) is 4.54. The molecule has 0 aromatic rings. The van der Waals surface area contributed by atoms with Crippen LogP contribution >= 0.6 is 0 Å². The Labute approximate surface area is 100 Å². The average molecular weight is 228 g/mol.